The van der Waals surface area contributed by atoms with E-state index in [9.17, 15) is 4.79 Å². The van der Waals surface area contributed by atoms with Gasteiger partial charge in [0.15, 0.2) is 0 Å². The standard InChI is InChI=1S/C17H30N4O2S/c1-4-7-9-13-23-15-10-12-20(11-8-5-2)17(22)21(15)16-19-18-14(6-3)24-16/h15H,4-13H2,1-3H3. The normalized spacial score (nSPS) is 18.5. The first-order valence-corrected chi connectivity index (χ1v) is 10.0. The summed E-state index contributed by atoms with van der Waals surface area (Å²) in [5.74, 6) is 0. The number of nitrogens with zero attached hydrogens (tertiary/aromatic N) is 4. The molecule has 1 aromatic rings. The molecule has 2 heterocycles. The van der Waals surface area contributed by atoms with Crippen LogP contribution in [0.5, 0.6) is 0 Å². The average molecular weight is 355 g/mol. The van der Waals surface area contributed by atoms with Gasteiger partial charge in [-0.15, -0.1) is 10.2 Å². The Hall–Kier alpha value is -1.21. The van der Waals surface area contributed by atoms with Crippen molar-refractivity contribution in [2.45, 2.75) is 71.9 Å². The molecular formula is C17H30N4O2S. The highest BCUT2D eigenvalue weighted by molar-refractivity contribution is 7.15. The van der Waals surface area contributed by atoms with E-state index in [1.807, 2.05) is 4.90 Å². The zero-order valence-corrected chi connectivity index (χ0v) is 16.0. The van der Waals surface area contributed by atoms with Crippen LogP contribution in [0.2, 0.25) is 0 Å². The Labute approximate surface area is 149 Å². The third kappa shape index (κ3) is 4.89. The van der Waals surface area contributed by atoms with Gasteiger partial charge in [0.05, 0.1) is 0 Å². The van der Waals surface area contributed by atoms with E-state index in [1.54, 1.807) is 4.90 Å². The quantitative estimate of drug-likeness (QED) is 0.594. The SMILES string of the molecule is CCCCCOC1CCN(CCCC)C(=O)N1c1nnc(CC)s1. The number of hydrogen-bond acceptors (Lipinski definition) is 5. The molecule has 0 N–H and O–H groups in total. The fraction of sp³-hybridized carbons (Fsp3) is 0.824. The largest absolute Gasteiger partial charge is 0.358 e. The summed E-state index contributed by atoms with van der Waals surface area (Å²) < 4.78 is 6.04. The van der Waals surface area contributed by atoms with Crippen LogP contribution < -0.4 is 4.90 Å². The maximum atomic E-state index is 12.9. The van der Waals surface area contributed by atoms with Gasteiger partial charge in [-0.25, -0.2) is 9.69 Å². The van der Waals surface area contributed by atoms with Crippen molar-refractivity contribution < 1.29 is 9.53 Å². The van der Waals surface area contributed by atoms with Crippen LogP contribution in [0.3, 0.4) is 0 Å². The minimum Gasteiger partial charge on any atom is -0.358 e. The highest BCUT2D eigenvalue weighted by Crippen LogP contribution is 2.29. The molecule has 1 fully saturated rings. The molecule has 0 aliphatic carbocycles. The summed E-state index contributed by atoms with van der Waals surface area (Å²) in [7, 11) is 0. The number of carbonyl (C=O) groups is 1. The summed E-state index contributed by atoms with van der Waals surface area (Å²) in [6, 6.07) is 0.00833. The lowest BCUT2D eigenvalue weighted by Crippen LogP contribution is -2.55. The smallest absolute Gasteiger partial charge is 0.328 e. The first-order valence-electron chi connectivity index (χ1n) is 9.23. The Kier molecular flexibility index (Phi) is 7.91. The van der Waals surface area contributed by atoms with Crippen molar-refractivity contribution in [1.82, 2.24) is 15.1 Å². The molecule has 1 aliphatic rings. The van der Waals surface area contributed by atoms with Crippen LogP contribution in [-0.4, -0.2) is 47.1 Å². The van der Waals surface area contributed by atoms with Crippen LogP contribution >= 0.6 is 11.3 Å². The van der Waals surface area contributed by atoms with Gasteiger partial charge < -0.3 is 9.64 Å². The van der Waals surface area contributed by atoms with Crippen LogP contribution in [0.25, 0.3) is 0 Å². The molecule has 0 saturated carbocycles. The maximum absolute atomic E-state index is 12.9. The van der Waals surface area contributed by atoms with E-state index in [4.69, 9.17) is 4.74 Å². The van der Waals surface area contributed by atoms with Crippen molar-refractivity contribution in [2.75, 3.05) is 24.6 Å². The molecular weight excluding hydrogens is 324 g/mol. The number of amides is 2. The van der Waals surface area contributed by atoms with Gasteiger partial charge in [0.2, 0.25) is 5.13 Å². The summed E-state index contributed by atoms with van der Waals surface area (Å²) in [6.45, 7) is 8.62. The van der Waals surface area contributed by atoms with E-state index in [0.29, 0.717) is 11.7 Å². The minimum absolute atomic E-state index is 0.00833. The van der Waals surface area contributed by atoms with Gasteiger partial charge in [0, 0.05) is 26.1 Å². The number of aromatic nitrogens is 2. The molecule has 0 aromatic carbocycles. The lowest BCUT2D eigenvalue weighted by Gasteiger charge is -2.39. The van der Waals surface area contributed by atoms with Gasteiger partial charge in [-0.3, -0.25) is 0 Å². The summed E-state index contributed by atoms with van der Waals surface area (Å²) in [6.07, 6.45) is 6.90. The van der Waals surface area contributed by atoms with Gasteiger partial charge in [0.1, 0.15) is 11.2 Å². The van der Waals surface area contributed by atoms with Gasteiger partial charge in [-0.2, -0.15) is 0 Å². The molecule has 1 atom stereocenters. The molecule has 0 radical (unpaired) electrons. The van der Waals surface area contributed by atoms with E-state index in [1.165, 1.54) is 11.3 Å². The Balaban J connectivity index is 2.09. The van der Waals surface area contributed by atoms with E-state index in [2.05, 4.69) is 31.0 Å². The first kappa shape index (κ1) is 19.1. The number of hydrogen-bond donors (Lipinski definition) is 0. The highest BCUT2D eigenvalue weighted by atomic mass is 32.1. The van der Waals surface area contributed by atoms with Crippen LogP contribution in [0.15, 0.2) is 0 Å². The molecule has 2 rings (SSSR count). The molecule has 6 nitrogen and oxygen atoms in total. The number of unbranched alkanes of at least 4 members (excludes halogenated alkanes) is 3. The van der Waals surface area contributed by atoms with Crippen molar-refractivity contribution in [3.8, 4) is 0 Å². The summed E-state index contributed by atoms with van der Waals surface area (Å²) in [5, 5.41) is 10.0. The fourth-order valence-corrected chi connectivity index (χ4v) is 3.55. The molecule has 2 amide bonds. The third-order valence-electron chi connectivity index (χ3n) is 4.21. The predicted molar refractivity (Wildman–Crippen MR) is 97.5 cm³/mol. The van der Waals surface area contributed by atoms with Crippen LogP contribution in [0.4, 0.5) is 9.93 Å². The zero-order chi connectivity index (χ0) is 17.4. The van der Waals surface area contributed by atoms with E-state index >= 15 is 0 Å². The Morgan fingerprint density at radius 3 is 2.62 bits per heavy atom. The number of carbonyl (C=O) groups excluding carboxylic acids is 1. The number of anilines is 1. The predicted octanol–water partition coefficient (Wildman–Crippen LogP) is 4.07. The molecule has 0 bridgehead atoms. The second kappa shape index (κ2) is 9.93. The van der Waals surface area contributed by atoms with Gasteiger partial charge in [-0.05, 0) is 19.3 Å². The van der Waals surface area contributed by atoms with Crippen molar-refractivity contribution in [3.05, 3.63) is 5.01 Å². The summed E-state index contributed by atoms with van der Waals surface area (Å²) in [5.41, 5.74) is 0. The van der Waals surface area contributed by atoms with Crippen LogP contribution in [0.1, 0.15) is 64.3 Å². The summed E-state index contributed by atoms with van der Waals surface area (Å²) >= 11 is 1.49. The molecule has 1 unspecified atom stereocenters. The Morgan fingerprint density at radius 1 is 1.17 bits per heavy atom. The molecule has 1 aromatic heterocycles. The molecule has 136 valence electrons. The fourth-order valence-electron chi connectivity index (χ4n) is 2.74. The number of ether oxygens (including phenoxy) is 1. The molecule has 0 spiro atoms. The van der Waals surface area contributed by atoms with Crippen molar-refractivity contribution in [3.63, 3.8) is 0 Å². The number of rotatable bonds is 10. The molecule has 7 heteroatoms. The first-order chi connectivity index (χ1) is 11.7. The van der Waals surface area contributed by atoms with Crippen molar-refractivity contribution in [2.24, 2.45) is 0 Å². The Bertz CT molecular complexity index is 509. The number of aryl methyl sites for hydroxylation is 1. The van der Waals surface area contributed by atoms with Crippen LogP contribution in [-0.2, 0) is 11.2 Å². The number of urea groups is 1. The van der Waals surface area contributed by atoms with E-state index in [-0.39, 0.29) is 12.3 Å². The Morgan fingerprint density at radius 2 is 1.96 bits per heavy atom. The summed E-state index contributed by atoms with van der Waals surface area (Å²) in [4.78, 5) is 16.6. The van der Waals surface area contributed by atoms with E-state index in [0.717, 1.165) is 63.0 Å². The average Bonchev–Trinajstić information content (AvgIpc) is 3.06. The highest BCUT2D eigenvalue weighted by Gasteiger charge is 2.36. The molecule has 1 aliphatic heterocycles. The lowest BCUT2D eigenvalue weighted by molar-refractivity contribution is 0.0269. The second-order valence-electron chi connectivity index (χ2n) is 6.15. The van der Waals surface area contributed by atoms with Crippen molar-refractivity contribution >= 4 is 22.5 Å². The van der Waals surface area contributed by atoms with Gasteiger partial charge in [-0.1, -0.05) is 51.4 Å². The molecule has 1 saturated heterocycles. The third-order valence-corrected chi connectivity index (χ3v) is 5.28. The minimum atomic E-state index is -0.218. The van der Waals surface area contributed by atoms with Gasteiger partial charge >= 0.3 is 6.03 Å². The molecule has 24 heavy (non-hydrogen) atoms. The van der Waals surface area contributed by atoms with Gasteiger partial charge in [0.25, 0.3) is 0 Å². The topological polar surface area (TPSA) is 58.6 Å². The van der Waals surface area contributed by atoms with Crippen molar-refractivity contribution in [1.29, 1.82) is 0 Å². The van der Waals surface area contributed by atoms with E-state index < -0.39 is 0 Å². The monoisotopic (exact) mass is 354 g/mol. The second-order valence-corrected chi connectivity index (χ2v) is 7.19. The zero-order valence-electron chi connectivity index (χ0n) is 15.2. The van der Waals surface area contributed by atoms with Crippen LogP contribution in [0, 0.1) is 0 Å². The lowest BCUT2D eigenvalue weighted by atomic mass is 10.2. The maximum Gasteiger partial charge on any atom is 0.328 e.